The Morgan fingerprint density at radius 1 is 1.45 bits per heavy atom. The lowest BCUT2D eigenvalue weighted by atomic mass is 10.1. The highest BCUT2D eigenvalue weighted by atomic mass is 16.5. The number of aryl methyl sites for hydroxylation is 1. The third-order valence-corrected chi connectivity index (χ3v) is 3.33. The van der Waals surface area contributed by atoms with Gasteiger partial charge in [-0.2, -0.15) is 4.98 Å². The lowest BCUT2D eigenvalue weighted by Crippen LogP contribution is -2.43. The molecule has 1 aromatic rings. The van der Waals surface area contributed by atoms with E-state index in [1.54, 1.807) is 20.8 Å². The minimum absolute atomic E-state index is 0.297. The first-order chi connectivity index (χ1) is 10.2. The average Bonchev–Trinajstić information content (AvgIpc) is 2.93. The van der Waals surface area contributed by atoms with Gasteiger partial charge in [-0.1, -0.05) is 12.1 Å². The highest BCUT2D eigenvalue weighted by Crippen LogP contribution is 2.17. The molecule has 0 unspecified atom stereocenters. The van der Waals surface area contributed by atoms with E-state index in [1.165, 1.54) is 0 Å². The molecule has 0 radical (unpaired) electrons. The van der Waals surface area contributed by atoms with Crippen molar-refractivity contribution in [1.82, 2.24) is 25.7 Å². The molecule has 1 atom stereocenters. The van der Waals surface area contributed by atoms with Gasteiger partial charge in [0.1, 0.15) is 18.1 Å². The molecular weight excluding hydrogens is 290 g/mol. The second kappa shape index (κ2) is 5.74. The molecule has 0 aliphatic carbocycles. The largest absolute Gasteiger partial charge is 0.343 e. The number of hydrogen-bond acceptors (Lipinski definition) is 6. The van der Waals surface area contributed by atoms with Gasteiger partial charge in [-0.05, 0) is 27.2 Å². The fraction of sp³-hybridized carbons (Fsp3) is 0.615. The first-order valence-corrected chi connectivity index (χ1v) is 6.98. The van der Waals surface area contributed by atoms with Gasteiger partial charge in [0.15, 0.2) is 5.82 Å². The zero-order valence-electron chi connectivity index (χ0n) is 13.0. The zero-order chi connectivity index (χ0) is 16.5. The lowest BCUT2D eigenvalue weighted by Gasteiger charge is -2.17. The summed E-state index contributed by atoms with van der Waals surface area (Å²) in [5.74, 6) is -0.136. The minimum atomic E-state index is -0.995. The smallest absolute Gasteiger partial charge is 0.325 e. The Balaban J connectivity index is 2.00. The van der Waals surface area contributed by atoms with E-state index in [2.05, 4.69) is 20.8 Å². The van der Waals surface area contributed by atoms with Crippen LogP contribution in [0.1, 0.15) is 44.9 Å². The van der Waals surface area contributed by atoms with Crippen molar-refractivity contribution in [2.24, 2.45) is 0 Å². The van der Waals surface area contributed by atoms with Crippen LogP contribution in [0.4, 0.5) is 4.79 Å². The fourth-order valence-corrected chi connectivity index (χ4v) is 2.14. The van der Waals surface area contributed by atoms with Crippen molar-refractivity contribution >= 4 is 17.8 Å². The number of imide groups is 1. The van der Waals surface area contributed by atoms with Crippen LogP contribution in [0.3, 0.4) is 0 Å². The van der Waals surface area contributed by atoms with Crippen LogP contribution in [0.15, 0.2) is 4.52 Å². The van der Waals surface area contributed by atoms with Crippen LogP contribution in [0.2, 0.25) is 0 Å². The Bertz CT molecular complexity index is 609. The normalized spacial score (nSPS) is 18.3. The molecule has 120 valence electrons. The van der Waals surface area contributed by atoms with E-state index < -0.39 is 29.4 Å². The maximum atomic E-state index is 12.1. The molecule has 1 aromatic heterocycles. The molecule has 1 saturated heterocycles. The topological polar surface area (TPSA) is 117 Å². The van der Waals surface area contributed by atoms with Gasteiger partial charge < -0.3 is 15.2 Å². The van der Waals surface area contributed by atoms with Gasteiger partial charge in [0.05, 0.1) is 0 Å². The molecule has 9 nitrogen and oxygen atoms in total. The van der Waals surface area contributed by atoms with Crippen molar-refractivity contribution in [2.45, 2.75) is 45.7 Å². The van der Waals surface area contributed by atoms with Gasteiger partial charge in [0, 0.05) is 0 Å². The summed E-state index contributed by atoms with van der Waals surface area (Å²) in [5, 5.41) is 8.87. The zero-order valence-corrected chi connectivity index (χ0v) is 13.0. The molecule has 2 N–H and O–H groups in total. The predicted octanol–water partition coefficient (Wildman–Crippen LogP) is 0.276. The van der Waals surface area contributed by atoms with Gasteiger partial charge in [0.2, 0.25) is 11.8 Å². The number of aromatic nitrogens is 2. The van der Waals surface area contributed by atoms with E-state index in [-0.39, 0.29) is 6.54 Å². The fourth-order valence-electron chi connectivity index (χ4n) is 2.14. The van der Waals surface area contributed by atoms with Crippen molar-refractivity contribution in [3.63, 3.8) is 0 Å². The number of carbonyl (C=O) groups is 3. The van der Waals surface area contributed by atoms with E-state index >= 15 is 0 Å². The molecule has 1 aliphatic rings. The van der Waals surface area contributed by atoms with Gasteiger partial charge in [-0.3, -0.25) is 14.5 Å². The summed E-state index contributed by atoms with van der Waals surface area (Å²) >= 11 is 0. The SMILES string of the molecule is CC[C@@H](NC(=O)CN1C(=O)NC(C)(C)C1=O)c1nc(C)no1. The Labute approximate surface area is 127 Å². The Morgan fingerprint density at radius 2 is 2.14 bits per heavy atom. The summed E-state index contributed by atoms with van der Waals surface area (Å²) in [6.07, 6.45) is 0.541. The number of rotatable bonds is 5. The maximum Gasteiger partial charge on any atom is 0.325 e. The summed E-state index contributed by atoms with van der Waals surface area (Å²) in [7, 11) is 0. The maximum absolute atomic E-state index is 12.1. The monoisotopic (exact) mass is 309 g/mol. The minimum Gasteiger partial charge on any atom is -0.343 e. The standard InChI is InChI=1S/C13H19N5O4/c1-5-8(10-14-7(2)17-22-10)15-9(19)6-18-11(20)13(3,4)16-12(18)21/h8H,5-6H2,1-4H3,(H,15,19)(H,16,21)/t8-/m1/s1. The van der Waals surface area contributed by atoms with Crippen LogP contribution in [0.25, 0.3) is 0 Å². The summed E-state index contributed by atoms with van der Waals surface area (Å²) in [4.78, 5) is 40.8. The van der Waals surface area contributed by atoms with Crippen LogP contribution in [0, 0.1) is 6.92 Å². The van der Waals surface area contributed by atoms with Crippen molar-refractivity contribution in [3.8, 4) is 0 Å². The average molecular weight is 309 g/mol. The first kappa shape index (κ1) is 15.9. The number of nitrogens with zero attached hydrogens (tertiary/aromatic N) is 3. The molecule has 0 bridgehead atoms. The summed E-state index contributed by atoms with van der Waals surface area (Å²) in [6.45, 7) is 6.35. The molecule has 2 heterocycles. The van der Waals surface area contributed by atoms with E-state index in [4.69, 9.17) is 4.52 Å². The summed E-state index contributed by atoms with van der Waals surface area (Å²) in [5.41, 5.74) is -0.995. The molecule has 1 fully saturated rings. The highest BCUT2D eigenvalue weighted by Gasteiger charge is 2.45. The summed E-state index contributed by atoms with van der Waals surface area (Å²) in [6, 6.07) is -1.03. The molecule has 2 rings (SSSR count). The molecule has 22 heavy (non-hydrogen) atoms. The van der Waals surface area contributed by atoms with Crippen LogP contribution in [-0.4, -0.2) is 45.0 Å². The number of urea groups is 1. The Hall–Kier alpha value is -2.45. The van der Waals surface area contributed by atoms with Gasteiger partial charge in [0.25, 0.3) is 5.91 Å². The van der Waals surface area contributed by atoms with Crippen molar-refractivity contribution in [1.29, 1.82) is 0 Å². The number of carbonyl (C=O) groups excluding carboxylic acids is 3. The highest BCUT2D eigenvalue weighted by molar-refractivity contribution is 6.08. The molecule has 4 amide bonds. The third-order valence-electron chi connectivity index (χ3n) is 3.33. The van der Waals surface area contributed by atoms with Gasteiger partial charge in [-0.15, -0.1) is 0 Å². The molecular formula is C13H19N5O4. The number of amides is 4. The summed E-state index contributed by atoms with van der Waals surface area (Å²) < 4.78 is 5.03. The van der Waals surface area contributed by atoms with Crippen LogP contribution in [-0.2, 0) is 9.59 Å². The number of nitrogens with one attached hydrogen (secondary N) is 2. The predicted molar refractivity (Wildman–Crippen MR) is 74.5 cm³/mol. The van der Waals surface area contributed by atoms with Crippen molar-refractivity contribution in [3.05, 3.63) is 11.7 Å². The van der Waals surface area contributed by atoms with Crippen LogP contribution < -0.4 is 10.6 Å². The van der Waals surface area contributed by atoms with Crippen LogP contribution in [0.5, 0.6) is 0 Å². The second-order valence-corrected chi connectivity index (χ2v) is 5.65. The third kappa shape index (κ3) is 3.07. The molecule has 0 spiro atoms. The quantitative estimate of drug-likeness (QED) is 0.754. The number of hydrogen-bond donors (Lipinski definition) is 2. The van der Waals surface area contributed by atoms with Gasteiger partial charge >= 0.3 is 6.03 Å². The van der Waals surface area contributed by atoms with Crippen LogP contribution >= 0.6 is 0 Å². The van der Waals surface area contributed by atoms with Crippen molar-refractivity contribution < 1.29 is 18.9 Å². The Morgan fingerprint density at radius 3 is 2.59 bits per heavy atom. The van der Waals surface area contributed by atoms with E-state index in [1.807, 2.05) is 6.92 Å². The second-order valence-electron chi connectivity index (χ2n) is 5.65. The molecule has 9 heteroatoms. The van der Waals surface area contributed by atoms with Crippen molar-refractivity contribution in [2.75, 3.05) is 6.54 Å². The lowest BCUT2D eigenvalue weighted by molar-refractivity contribution is -0.134. The first-order valence-electron chi connectivity index (χ1n) is 6.98. The van der Waals surface area contributed by atoms with E-state index in [0.29, 0.717) is 18.1 Å². The molecule has 0 saturated carbocycles. The van der Waals surface area contributed by atoms with Gasteiger partial charge in [-0.25, -0.2) is 4.79 Å². The van der Waals surface area contributed by atoms with E-state index in [9.17, 15) is 14.4 Å². The molecule has 0 aromatic carbocycles. The van der Waals surface area contributed by atoms with E-state index in [0.717, 1.165) is 4.90 Å². The Kier molecular flexibility index (Phi) is 4.16. The molecule has 1 aliphatic heterocycles.